The average Bonchev–Trinajstić information content (AvgIpc) is 2.70. The molecule has 0 bridgehead atoms. The molecule has 118 valence electrons. The molecule has 0 N–H and O–H groups in total. The van der Waals surface area contributed by atoms with Crippen LogP contribution < -0.4 is 0 Å². The van der Waals surface area contributed by atoms with Gasteiger partial charge in [0.1, 0.15) is 6.17 Å². The summed E-state index contributed by atoms with van der Waals surface area (Å²) in [6, 6.07) is 0. The van der Waals surface area contributed by atoms with Gasteiger partial charge in [-0.2, -0.15) is 0 Å². The Hall–Kier alpha value is -0.330. The van der Waals surface area contributed by atoms with Gasteiger partial charge >= 0.3 is 0 Å². The van der Waals surface area contributed by atoms with Crippen LogP contribution >= 0.6 is 0 Å². The number of hydrogen-bond donors (Lipinski definition) is 0. The van der Waals surface area contributed by atoms with Crippen molar-refractivity contribution in [3.8, 4) is 0 Å². The molecule has 2 unspecified atom stereocenters. The lowest BCUT2D eigenvalue weighted by Gasteiger charge is -2.57. The van der Waals surface area contributed by atoms with Gasteiger partial charge in [-0.15, -0.1) is 0 Å². The number of alkyl halides is 1. The zero-order chi connectivity index (χ0) is 14.8. The molecule has 7 atom stereocenters. The molecule has 21 heavy (non-hydrogen) atoms. The van der Waals surface area contributed by atoms with Crippen molar-refractivity contribution in [2.75, 3.05) is 0 Å². The van der Waals surface area contributed by atoms with Crippen LogP contribution in [0.15, 0.2) is 11.6 Å². The Balaban J connectivity index is 1.70. The highest BCUT2D eigenvalue weighted by Crippen LogP contribution is 2.66. The molecular formula is C20H31F. The normalized spacial score (nSPS) is 56.2. The summed E-state index contributed by atoms with van der Waals surface area (Å²) in [6.45, 7) is 6.96. The Morgan fingerprint density at radius 1 is 1.14 bits per heavy atom. The summed E-state index contributed by atoms with van der Waals surface area (Å²) in [4.78, 5) is 0. The molecule has 0 aromatic heterocycles. The van der Waals surface area contributed by atoms with Crippen LogP contribution in [0.2, 0.25) is 0 Å². The molecule has 3 saturated carbocycles. The van der Waals surface area contributed by atoms with Crippen LogP contribution in [0.5, 0.6) is 0 Å². The van der Waals surface area contributed by atoms with Crippen LogP contribution in [0.4, 0.5) is 4.39 Å². The van der Waals surface area contributed by atoms with Crippen molar-refractivity contribution in [1.82, 2.24) is 0 Å². The molecule has 0 amide bonds. The zero-order valence-electron chi connectivity index (χ0n) is 14.0. The third-order valence-corrected chi connectivity index (χ3v) is 8.21. The third kappa shape index (κ3) is 1.78. The van der Waals surface area contributed by atoms with E-state index in [9.17, 15) is 4.39 Å². The average molecular weight is 290 g/mol. The first kappa shape index (κ1) is 14.3. The monoisotopic (exact) mass is 290 g/mol. The van der Waals surface area contributed by atoms with E-state index in [-0.39, 0.29) is 11.3 Å². The van der Waals surface area contributed by atoms with Gasteiger partial charge in [-0.25, -0.2) is 4.39 Å². The number of hydrogen-bond acceptors (Lipinski definition) is 0. The van der Waals surface area contributed by atoms with Gasteiger partial charge in [0, 0.05) is 5.41 Å². The van der Waals surface area contributed by atoms with Crippen LogP contribution in [0, 0.1) is 34.5 Å². The molecule has 1 heteroatoms. The first-order valence-corrected chi connectivity index (χ1v) is 9.30. The van der Waals surface area contributed by atoms with Gasteiger partial charge in [-0.3, -0.25) is 0 Å². The van der Waals surface area contributed by atoms with Crippen molar-refractivity contribution < 1.29 is 4.39 Å². The largest absolute Gasteiger partial charge is 0.247 e. The third-order valence-electron chi connectivity index (χ3n) is 8.21. The van der Waals surface area contributed by atoms with Gasteiger partial charge in [0.05, 0.1) is 0 Å². The first-order chi connectivity index (χ1) is 9.97. The number of allylic oxidation sites excluding steroid dienone is 2. The molecule has 0 radical (unpaired) electrons. The molecule has 0 aromatic carbocycles. The van der Waals surface area contributed by atoms with E-state index in [4.69, 9.17) is 0 Å². The fourth-order valence-corrected chi connectivity index (χ4v) is 7.00. The van der Waals surface area contributed by atoms with Crippen molar-refractivity contribution in [3.63, 3.8) is 0 Å². The maximum atomic E-state index is 14.8. The molecule has 0 nitrogen and oxygen atoms in total. The van der Waals surface area contributed by atoms with Gasteiger partial charge in [0.2, 0.25) is 0 Å². The zero-order valence-corrected chi connectivity index (χ0v) is 14.0. The van der Waals surface area contributed by atoms with Crippen molar-refractivity contribution in [1.29, 1.82) is 0 Å². The first-order valence-electron chi connectivity index (χ1n) is 9.30. The summed E-state index contributed by atoms with van der Waals surface area (Å²) >= 11 is 0. The summed E-state index contributed by atoms with van der Waals surface area (Å²) in [6.07, 6.45) is 12.3. The summed E-state index contributed by atoms with van der Waals surface area (Å²) in [5.74, 6) is 2.52. The van der Waals surface area contributed by atoms with Gasteiger partial charge < -0.3 is 0 Å². The molecule has 0 aromatic rings. The van der Waals surface area contributed by atoms with E-state index in [1.165, 1.54) is 38.5 Å². The van der Waals surface area contributed by atoms with Gasteiger partial charge in [0.25, 0.3) is 0 Å². The van der Waals surface area contributed by atoms with Crippen molar-refractivity contribution in [2.24, 2.45) is 34.5 Å². The molecule has 4 rings (SSSR count). The highest BCUT2D eigenvalue weighted by molar-refractivity contribution is 5.24. The SMILES string of the molecule is CC1C[C@H]2[C@@H]3CC=C4CCCC[C@]4(C)[C@@H]3CC[C@]2(C)C1F. The Kier molecular flexibility index (Phi) is 3.12. The molecule has 0 aliphatic heterocycles. The molecule has 0 heterocycles. The lowest BCUT2D eigenvalue weighted by molar-refractivity contribution is -0.0481. The Morgan fingerprint density at radius 2 is 1.95 bits per heavy atom. The Bertz CT molecular complexity index is 466. The minimum Gasteiger partial charge on any atom is -0.247 e. The molecular weight excluding hydrogens is 259 g/mol. The number of halogens is 1. The molecule has 4 aliphatic rings. The smallest absolute Gasteiger partial charge is 0.108 e. The minimum atomic E-state index is -0.562. The second-order valence-corrected chi connectivity index (χ2v) is 9.13. The maximum absolute atomic E-state index is 14.8. The second kappa shape index (κ2) is 4.59. The van der Waals surface area contributed by atoms with Gasteiger partial charge in [-0.1, -0.05) is 38.8 Å². The van der Waals surface area contributed by atoms with E-state index in [1.807, 2.05) is 0 Å². The summed E-state index contributed by atoms with van der Waals surface area (Å²) in [7, 11) is 0. The van der Waals surface area contributed by atoms with E-state index < -0.39 is 6.17 Å². The second-order valence-electron chi connectivity index (χ2n) is 9.13. The predicted octanol–water partition coefficient (Wildman–Crippen LogP) is 5.92. The fraction of sp³-hybridized carbons (Fsp3) is 0.900. The Labute approximate surface area is 129 Å². The van der Waals surface area contributed by atoms with Crippen molar-refractivity contribution >= 4 is 0 Å². The maximum Gasteiger partial charge on any atom is 0.108 e. The Morgan fingerprint density at radius 3 is 2.76 bits per heavy atom. The summed E-state index contributed by atoms with van der Waals surface area (Å²) in [5, 5.41) is 0. The highest BCUT2D eigenvalue weighted by Gasteiger charge is 2.60. The van der Waals surface area contributed by atoms with Crippen molar-refractivity contribution in [2.45, 2.75) is 78.3 Å². The topological polar surface area (TPSA) is 0 Å². The van der Waals surface area contributed by atoms with Gasteiger partial charge in [0.15, 0.2) is 0 Å². The predicted molar refractivity (Wildman–Crippen MR) is 85.8 cm³/mol. The van der Waals surface area contributed by atoms with Crippen LogP contribution in [0.1, 0.15) is 72.1 Å². The minimum absolute atomic E-state index is 0.0169. The lowest BCUT2D eigenvalue weighted by Crippen LogP contribution is -2.49. The number of rotatable bonds is 0. The quantitative estimate of drug-likeness (QED) is 0.485. The van der Waals surface area contributed by atoms with Gasteiger partial charge in [-0.05, 0) is 74.0 Å². The highest BCUT2D eigenvalue weighted by atomic mass is 19.1. The van der Waals surface area contributed by atoms with Crippen LogP contribution in [-0.2, 0) is 0 Å². The van der Waals surface area contributed by atoms with E-state index in [2.05, 4.69) is 26.8 Å². The molecule has 3 fully saturated rings. The molecule has 0 spiro atoms. The van der Waals surface area contributed by atoms with E-state index in [0.29, 0.717) is 11.3 Å². The summed E-state index contributed by atoms with van der Waals surface area (Å²) in [5.41, 5.74) is 2.21. The van der Waals surface area contributed by atoms with E-state index in [0.717, 1.165) is 24.7 Å². The number of fused-ring (bicyclic) bond motifs is 5. The van der Waals surface area contributed by atoms with E-state index in [1.54, 1.807) is 5.57 Å². The van der Waals surface area contributed by atoms with Crippen LogP contribution in [-0.4, -0.2) is 6.17 Å². The van der Waals surface area contributed by atoms with Crippen LogP contribution in [0.25, 0.3) is 0 Å². The molecule has 4 aliphatic carbocycles. The fourth-order valence-electron chi connectivity index (χ4n) is 7.00. The lowest BCUT2D eigenvalue weighted by atomic mass is 9.48. The summed E-state index contributed by atoms with van der Waals surface area (Å²) < 4.78 is 14.8. The van der Waals surface area contributed by atoms with Crippen LogP contribution in [0.3, 0.4) is 0 Å². The standard InChI is InChI=1S/C20H31F/c1-13-12-17-15-8-7-14-6-4-5-10-19(14,2)16(15)9-11-20(17,3)18(13)21/h7,13,15-18H,4-6,8-12H2,1-3H3/t13?,15-,16-,17+,18?,19+,20+/m1/s1. The molecule has 0 saturated heterocycles. The van der Waals surface area contributed by atoms with Crippen molar-refractivity contribution in [3.05, 3.63) is 11.6 Å². The van der Waals surface area contributed by atoms with E-state index >= 15 is 0 Å².